The minimum absolute atomic E-state index is 0.0657. The monoisotopic (exact) mass is 484 g/mol. The Morgan fingerprint density at radius 1 is 0.971 bits per heavy atom. The van der Waals surface area contributed by atoms with Crippen LogP contribution in [0.2, 0.25) is 0 Å². The SMILES string of the molecule is CCCCCNC(=O)[C@@H](Cc1ccc(OCC(=O)O)c(C(=O)O)c1)NC(=O)CCc1ccccc1. The molecule has 1 atom stereocenters. The highest BCUT2D eigenvalue weighted by atomic mass is 16.5. The van der Waals surface area contributed by atoms with E-state index < -0.39 is 24.6 Å². The van der Waals surface area contributed by atoms with Crippen LogP contribution >= 0.6 is 0 Å². The van der Waals surface area contributed by atoms with E-state index in [0.717, 1.165) is 24.8 Å². The topological polar surface area (TPSA) is 142 Å². The summed E-state index contributed by atoms with van der Waals surface area (Å²) in [5, 5.41) is 23.9. The molecule has 2 aromatic rings. The number of unbranched alkanes of at least 4 members (excludes halogenated alkanes) is 2. The van der Waals surface area contributed by atoms with Crippen LogP contribution in [-0.4, -0.2) is 53.2 Å². The summed E-state index contributed by atoms with van der Waals surface area (Å²) in [5.74, 6) is -3.25. The molecule has 0 saturated carbocycles. The second-order valence-electron chi connectivity index (χ2n) is 8.13. The quantitative estimate of drug-likeness (QED) is 0.285. The van der Waals surface area contributed by atoms with Crippen LogP contribution in [0, 0.1) is 0 Å². The van der Waals surface area contributed by atoms with Crippen molar-refractivity contribution in [3.8, 4) is 5.75 Å². The van der Waals surface area contributed by atoms with Crippen molar-refractivity contribution in [2.24, 2.45) is 0 Å². The van der Waals surface area contributed by atoms with E-state index in [4.69, 9.17) is 9.84 Å². The third-order valence-corrected chi connectivity index (χ3v) is 5.28. The summed E-state index contributed by atoms with van der Waals surface area (Å²) in [5.41, 5.74) is 1.27. The molecule has 4 N–H and O–H groups in total. The Morgan fingerprint density at radius 2 is 1.71 bits per heavy atom. The van der Waals surface area contributed by atoms with E-state index in [1.54, 1.807) is 6.07 Å². The van der Waals surface area contributed by atoms with E-state index in [0.29, 0.717) is 18.5 Å². The second kappa shape index (κ2) is 14.4. The van der Waals surface area contributed by atoms with Gasteiger partial charge >= 0.3 is 11.9 Å². The molecule has 2 rings (SSSR count). The number of rotatable bonds is 15. The highest BCUT2D eigenvalue weighted by Gasteiger charge is 2.22. The average molecular weight is 485 g/mol. The molecule has 2 aromatic carbocycles. The van der Waals surface area contributed by atoms with Gasteiger partial charge in [-0.3, -0.25) is 9.59 Å². The molecule has 188 valence electrons. The van der Waals surface area contributed by atoms with E-state index >= 15 is 0 Å². The first-order valence-corrected chi connectivity index (χ1v) is 11.6. The van der Waals surface area contributed by atoms with Gasteiger partial charge in [0.25, 0.3) is 0 Å². The average Bonchev–Trinajstić information content (AvgIpc) is 2.84. The van der Waals surface area contributed by atoms with Gasteiger partial charge in [0.15, 0.2) is 6.61 Å². The molecular weight excluding hydrogens is 452 g/mol. The van der Waals surface area contributed by atoms with Crippen LogP contribution in [0.4, 0.5) is 0 Å². The number of carbonyl (C=O) groups excluding carboxylic acids is 2. The summed E-state index contributed by atoms with van der Waals surface area (Å²) in [6.07, 6.45) is 3.58. The van der Waals surface area contributed by atoms with E-state index in [9.17, 15) is 24.3 Å². The number of carboxylic acid groups (broad SMARTS) is 2. The lowest BCUT2D eigenvalue weighted by Gasteiger charge is -2.19. The minimum Gasteiger partial charge on any atom is -0.481 e. The lowest BCUT2D eigenvalue weighted by molar-refractivity contribution is -0.139. The fourth-order valence-electron chi connectivity index (χ4n) is 3.46. The van der Waals surface area contributed by atoms with Gasteiger partial charge in [0, 0.05) is 19.4 Å². The molecule has 0 fully saturated rings. The van der Waals surface area contributed by atoms with E-state index in [1.807, 2.05) is 30.3 Å². The normalized spacial score (nSPS) is 11.3. The number of aryl methyl sites for hydroxylation is 1. The Hall–Kier alpha value is -3.88. The number of amides is 2. The van der Waals surface area contributed by atoms with Gasteiger partial charge < -0.3 is 25.6 Å². The van der Waals surface area contributed by atoms with Crippen molar-refractivity contribution in [3.63, 3.8) is 0 Å². The molecule has 0 unspecified atom stereocenters. The number of carbonyl (C=O) groups is 4. The lowest BCUT2D eigenvalue weighted by Crippen LogP contribution is -2.48. The second-order valence-corrected chi connectivity index (χ2v) is 8.13. The van der Waals surface area contributed by atoms with Gasteiger partial charge in [-0.1, -0.05) is 56.2 Å². The Morgan fingerprint density at radius 3 is 2.37 bits per heavy atom. The van der Waals surface area contributed by atoms with Crippen LogP contribution in [0.15, 0.2) is 48.5 Å². The molecular formula is C26H32N2O7. The van der Waals surface area contributed by atoms with Crippen LogP contribution in [-0.2, 0) is 27.2 Å². The van der Waals surface area contributed by atoms with Crippen molar-refractivity contribution in [2.45, 2.75) is 51.5 Å². The Labute approximate surface area is 204 Å². The zero-order valence-electron chi connectivity index (χ0n) is 19.8. The van der Waals surface area contributed by atoms with Crippen molar-refractivity contribution < 1.29 is 34.1 Å². The predicted molar refractivity (Wildman–Crippen MR) is 129 cm³/mol. The van der Waals surface area contributed by atoms with Gasteiger partial charge in [0.1, 0.15) is 17.4 Å². The maximum Gasteiger partial charge on any atom is 0.341 e. The van der Waals surface area contributed by atoms with Crippen LogP contribution in [0.3, 0.4) is 0 Å². The molecule has 0 spiro atoms. The number of nitrogens with one attached hydrogen (secondary N) is 2. The standard InChI is InChI=1S/C26H32N2O7/c1-2-3-7-14-27-25(32)21(28-23(29)13-11-18-8-5-4-6-9-18)16-19-10-12-22(35-17-24(30)31)20(15-19)26(33)34/h4-6,8-10,12,15,21H,2-3,7,11,13-14,16-17H2,1H3,(H,27,32)(H,28,29)(H,30,31)(H,33,34)/t21-/m1/s1. The highest BCUT2D eigenvalue weighted by Crippen LogP contribution is 2.21. The van der Waals surface area contributed by atoms with Gasteiger partial charge in [-0.05, 0) is 36.1 Å². The molecule has 9 nitrogen and oxygen atoms in total. The molecule has 35 heavy (non-hydrogen) atoms. The molecule has 0 saturated heterocycles. The van der Waals surface area contributed by atoms with Crippen molar-refractivity contribution in [1.82, 2.24) is 10.6 Å². The van der Waals surface area contributed by atoms with Crippen molar-refractivity contribution in [2.75, 3.05) is 13.2 Å². The Bertz CT molecular complexity index is 1010. The molecule has 0 bridgehead atoms. The molecule has 0 heterocycles. The molecule has 0 aliphatic carbocycles. The number of benzene rings is 2. The van der Waals surface area contributed by atoms with E-state index in [1.165, 1.54) is 12.1 Å². The number of carboxylic acids is 2. The number of ether oxygens (including phenoxy) is 1. The van der Waals surface area contributed by atoms with Gasteiger partial charge in [-0.25, -0.2) is 9.59 Å². The molecule has 9 heteroatoms. The van der Waals surface area contributed by atoms with Crippen LogP contribution in [0.1, 0.15) is 54.1 Å². The van der Waals surface area contributed by atoms with E-state index in [2.05, 4.69) is 17.6 Å². The maximum atomic E-state index is 12.9. The van der Waals surface area contributed by atoms with Crippen molar-refractivity contribution in [1.29, 1.82) is 0 Å². The third kappa shape index (κ3) is 9.87. The van der Waals surface area contributed by atoms with Crippen LogP contribution in [0.25, 0.3) is 0 Å². The number of hydrogen-bond acceptors (Lipinski definition) is 5. The molecule has 0 aliphatic heterocycles. The van der Waals surface area contributed by atoms with Gasteiger partial charge in [0.2, 0.25) is 11.8 Å². The van der Waals surface area contributed by atoms with Crippen LogP contribution in [0.5, 0.6) is 5.75 Å². The third-order valence-electron chi connectivity index (χ3n) is 5.28. The van der Waals surface area contributed by atoms with Crippen molar-refractivity contribution >= 4 is 23.8 Å². The minimum atomic E-state index is -1.29. The number of hydrogen-bond donors (Lipinski definition) is 4. The van der Waals surface area contributed by atoms with Gasteiger partial charge in [-0.15, -0.1) is 0 Å². The molecule has 2 amide bonds. The zero-order chi connectivity index (χ0) is 25.6. The van der Waals surface area contributed by atoms with Gasteiger partial charge in [0.05, 0.1) is 0 Å². The predicted octanol–water partition coefficient (Wildman–Crippen LogP) is 2.81. The molecule has 0 aromatic heterocycles. The first kappa shape index (κ1) is 27.4. The fraction of sp³-hybridized carbons (Fsp3) is 0.385. The smallest absolute Gasteiger partial charge is 0.341 e. The molecule has 0 radical (unpaired) electrons. The summed E-state index contributed by atoms with van der Waals surface area (Å²) < 4.78 is 5.05. The Balaban J connectivity index is 2.13. The highest BCUT2D eigenvalue weighted by molar-refractivity contribution is 5.91. The Kier molecular flexibility index (Phi) is 11.3. The largest absolute Gasteiger partial charge is 0.481 e. The summed E-state index contributed by atoms with van der Waals surface area (Å²) >= 11 is 0. The fourth-order valence-corrected chi connectivity index (χ4v) is 3.46. The van der Waals surface area contributed by atoms with Gasteiger partial charge in [-0.2, -0.15) is 0 Å². The lowest BCUT2D eigenvalue weighted by atomic mass is 10.0. The number of aromatic carboxylic acids is 1. The summed E-state index contributed by atoms with van der Waals surface area (Å²) in [7, 11) is 0. The van der Waals surface area contributed by atoms with E-state index in [-0.39, 0.29) is 36.0 Å². The zero-order valence-corrected chi connectivity index (χ0v) is 19.8. The maximum absolute atomic E-state index is 12.9. The number of aliphatic carboxylic acids is 1. The first-order valence-electron chi connectivity index (χ1n) is 11.6. The summed E-state index contributed by atoms with van der Waals surface area (Å²) in [6.45, 7) is 1.85. The van der Waals surface area contributed by atoms with Crippen LogP contribution < -0.4 is 15.4 Å². The first-order chi connectivity index (χ1) is 16.8. The summed E-state index contributed by atoms with van der Waals surface area (Å²) in [6, 6.07) is 12.9. The molecule has 0 aliphatic rings. The summed E-state index contributed by atoms with van der Waals surface area (Å²) in [4.78, 5) is 47.9. The van der Waals surface area contributed by atoms with Crippen molar-refractivity contribution in [3.05, 3.63) is 65.2 Å².